The van der Waals surface area contributed by atoms with Gasteiger partial charge in [0.1, 0.15) is 0 Å². The smallest absolute Gasteiger partial charge is 0.236 e. The predicted molar refractivity (Wildman–Crippen MR) is 127 cm³/mol. The van der Waals surface area contributed by atoms with Crippen molar-refractivity contribution in [2.24, 2.45) is 17.8 Å². The van der Waals surface area contributed by atoms with Crippen LogP contribution in [0.25, 0.3) is 0 Å². The van der Waals surface area contributed by atoms with Gasteiger partial charge < -0.3 is 20.4 Å². The maximum absolute atomic E-state index is 12.1. The summed E-state index contributed by atoms with van der Waals surface area (Å²) in [5, 5.41) is 24.4. The summed E-state index contributed by atoms with van der Waals surface area (Å²) in [6, 6.07) is 8.24. The number of nitrogens with one attached hydrogen (secondary N) is 1. The zero-order chi connectivity index (χ0) is 22.5. The van der Waals surface area contributed by atoms with Crippen molar-refractivity contribution < 1.29 is 15.0 Å². The van der Waals surface area contributed by atoms with E-state index in [1.54, 1.807) is 0 Å². The molecule has 5 nitrogen and oxygen atoms in total. The number of hydrogen-bond donors (Lipinski definition) is 3. The monoisotopic (exact) mass is 438 g/mol. The van der Waals surface area contributed by atoms with Crippen molar-refractivity contribution >= 4 is 5.91 Å². The number of fused-ring (bicyclic) bond motifs is 1. The van der Waals surface area contributed by atoms with Gasteiger partial charge in [0.25, 0.3) is 0 Å². The average molecular weight is 439 g/mol. The first-order valence-corrected chi connectivity index (χ1v) is 12.3. The molecule has 3 aliphatic rings. The molecule has 0 bridgehead atoms. The van der Waals surface area contributed by atoms with Gasteiger partial charge in [-0.1, -0.05) is 53.6 Å². The Bertz CT molecular complexity index is 843. The Labute approximate surface area is 192 Å². The molecule has 0 radical (unpaired) electrons. The van der Waals surface area contributed by atoms with Gasteiger partial charge in [-0.25, -0.2) is 0 Å². The largest absolute Gasteiger partial charge is 0.392 e. The van der Waals surface area contributed by atoms with Gasteiger partial charge in [-0.05, 0) is 63.0 Å². The van der Waals surface area contributed by atoms with Crippen molar-refractivity contribution in [2.45, 2.75) is 57.7 Å². The lowest BCUT2D eigenvalue weighted by molar-refractivity contribution is -0.129. The third-order valence-electron chi connectivity index (χ3n) is 7.39. The second-order valence-electron chi connectivity index (χ2n) is 9.90. The number of nitrogens with zero attached hydrogens (tertiary/aromatic N) is 1. The number of benzene rings is 1. The van der Waals surface area contributed by atoms with E-state index in [1.165, 1.54) is 11.1 Å². The van der Waals surface area contributed by atoms with Gasteiger partial charge in [0.05, 0.1) is 18.8 Å². The topological polar surface area (TPSA) is 72.8 Å². The minimum absolute atomic E-state index is 0.102. The standard InChI is InChI=1S/C27H38N2O3/c1-19-5-4-6-20(13-19)15-23(30)7-8-24-25-16-21(14-22(25)17-26(24)31)9-10-28-18-27(32)29-11-2-3-12-29/h4-8,13-14,22-26,28,30-31H,2-3,9-12,15-18H2,1H3/t22-,23-,24+,25-,26+/m0/s1. The lowest BCUT2D eigenvalue weighted by Crippen LogP contribution is -2.36. The number of aliphatic hydroxyl groups excluding tert-OH is 2. The summed E-state index contributed by atoms with van der Waals surface area (Å²) in [5.41, 5.74) is 3.77. The van der Waals surface area contributed by atoms with Gasteiger partial charge in [0, 0.05) is 25.4 Å². The number of aliphatic hydroxyl groups is 2. The maximum atomic E-state index is 12.1. The Morgan fingerprint density at radius 1 is 1.31 bits per heavy atom. The molecule has 1 aromatic rings. The molecule has 1 amide bonds. The molecule has 1 saturated carbocycles. The molecular formula is C27H38N2O3. The summed E-state index contributed by atoms with van der Waals surface area (Å²) in [4.78, 5) is 14.1. The van der Waals surface area contributed by atoms with Crippen LogP contribution in [-0.4, -0.2) is 59.4 Å². The van der Waals surface area contributed by atoms with Crippen molar-refractivity contribution in [3.05, 3.63) is 59.2 Å². The van der Waals surface area contributed by atoms with Crippen LogP contribution in [0.4, 0.5) is 0 Å². The molecule has 0 unspecified atom stereocenters. The van der Waals surface area contributed by atoms with Crippen LogP contribution in [-0.2, 0) is 11.2 Å². The fourth-order valence-electron chi connectivity index (χ4n) is 5.72. The minimum Gasteiger partial charge on any atom is -0.392 e. The van der Waals surface area contributed by atoms with Crippen LogP contribution in [0.15, 0.2) is 48.1 Å². The van der Waals surface area contributed by atoms with Crippen LogP contribution in [0.2, 0.25) is 0 Å². The van der Waals surface area contributed by atoms with E-state index in [9.17, 15) is 15.0 Å². The first-order valence-electron chi connectivity index (χ1n) is 12.3. The molecule has 1 aliphatic heterocycles. The predicted octanol–water partition coefficient (Wildman–Crippen LogP) is 3.00. The lowest BCUT2D eigenvalue weighted by atomic mass is 9.88. The normalized spacial score (nSPS) is 28.3. The highest BCUT2D eigenvalue weighted by molar-refractivity contribution is 5.78. The molecule has 0 spiro atoms. The number of hydrogen-bond acceptors (Lipinski definition) is 4. The molecule has 174 valence electrons. The van der Waals surface area contributed by atoms with E-state index in [0.29, 0.717) is 24.8 Å². The van der Waals surface area contributed by atoms with Gasteiger partial charge in [0.15, 0.2) is 0 Å². The second-order valence-corrected chi connectivity index (χ2v) is 9.90. The van der Waals surface area contributed by atoms with E-state index in [1.807, 2.05) is 23.1 Å². The lowest BCUT2D eigenvalue weighted by Gasteiger charge is -2.19. The summed E-state index contributed by atoms with van der Waals surface area (Å²) in [6.07, 6.45) is 11.1. The third-order valence-corrected chi connectivity index (χ3v) is 7.39. The summed E-state index contributed by atoms with van der Waals surface area (Å²) >= 11 is 0. The Morgan fingerprint density at radius 2 is 2.12 bits per heavy atom. The number of aryl methyl sites for hydroxylation is 1. The number of amides is 1. The quantitative estimate of drug-likeness (QED) is 0.409. The highest BCUT2D eigenvalue weighted by Gasteiger charge is 2.43. The average Bonchev–Trinajstić information content (AvgIpc) is 3.47. The molecule has 1 saturated heterocycles. The van der Waals surface area contributed by atoms with Crippen molar-refractivity contribution in [1.82, 2.24) is 10.2 Å². The van der Waals surface area contributed by atoms with Crippen molar-refractivity contribution in [2.75, 3.05) is 26.2 Å². The highest BCUT2D eigenvalue weighted by Crippen LogP contribution is 2.47. The fourth-order valence-corrected chi connectivity index (χ4v) is 5.72. The van der Waals surface area contributed by atoms with E-state index in [4.69, 9.17) is 0 Å². The molecule has 32 heavy (non-hydrogen) atoms. The van der Waals surface area contributed by atoms with Crippen LogP contribution in [0, 0.1) is 24.7 Å². The molecule has 1 heterocycles. The van der Waals surface area contributed by atoms with E-state index < -0.39 is 6.10 Å². The van der Waals surface area contributed by atoms with Crippen molar-refractivity contribution in [3.8, 4) is 0 Å². The molecule has 2 fully saturated rings. The van der Waals surface area contributed by atoms with Crippen molar-refractivity contribution in [3.63, 3.8) is 0 Å². The Kier molecular flexibility index (Phi) is 7.82. The Balaban J connectivity index is 1.22. The first kappa shape index (κ1) is 23.2. The molecule has 4 rings (SSSR count). The zero-order valence-corrected chi connectivity index (χ0v) is 19.2. The molecule has 2 aliphatic carbocycles. The number of carbonyl (C=O) groups is 1. The number of carbonyl (C=O) groups excluding carboxylic acids is 1. The number of rotatable bonds is 9. The zero-order valence-electron chi connectivity index (χ0n) is 19.2. The Morgan fingerprint density at radius 3 is 2.91 bits per heavy atom. The summed E-state index contributed by atoms with van der Waals surface area (Å²) < 4.78 is 0. The molecule has 3 N–H and O–H groups in total. The van der Waals surface area contributed by atoms with Crippen molar-refractivity contribution in [1.29, 1.82) is 0 Å². The van der Waals surface area contributed by atoms with Gasteiger partial charge in [-0.2, -0.15) is 0 Å². The van der Waals surface area contributed by atoms with Crippen LogP contribution < -0.4 is 5.32 Å². The molecule has 5 atom stereocenters. The minimum atomic E-state index is -0.533. The van der Waals surface area contributed by atoms with E-state index in [0.717, 1.165) is 57.3 Å². The van der Waals surface area contributed by atoms with Gasteiger partial charge in [-0.15, -0.1) is 0 Å². The van der Waals surface area contributed by atoms with Gasteiger partial charge >= 0.3 is 0 Å². The third kappa shape index (κ3) is 5.89. The van der Waals surface area contributed by atoms with E-state index >= 15 is 0 Å². The molecule has 1 aromatic carbocycles. The van der Waals surface area contributed by atoms with Crippen LogP contribution in [0.5, 0.6) is 0 Å². The van der Waals surface area contributed by atoms with E-state index in [2.05, 4.69) is 36.5 Å². The van der Waals surface area contributed by atoms with Crippen LogP contribution >= 0.6 is 0 Å². The van der Waals surface area contributed by atoms with Gasteiger partial charge in [-0.3, -0.25) is 4.79 Å². The molecular weight excluding hydrogens is 400 g/mol. The maximum Gasteiger partial charge on any atom is 0.236 e. The summed E-state index contributed by atoms with van der Waals surface area (Å²) in [5.74, 6) is 1.17. The summed E-state index contributed by atoms with van der Waals surface area (Å²) in [7, 11) is 0. The SMILES string of the molecule is Cc1cccc(C[C@@H](O)C=C[C@@H]2[C@H]3CC(CCNCC(=O)N4CCCC4)=C[C@H]3C[C@H]2O)c1. The highest BCUT2D eigenvalue weighted by atomic mass is 16.3. The second kappa shape index (κ2) is 10.8. The van der Waals surface area contributed by atoms with Gasteiger partial charge in [0.2, 0.25) is 5.91 Å². The van der Waals surface area contributed by atoms with Crippen LogP contribution in [0.3, 0.4) is 0 Å². The molecule has 0 aromatic heterocycles. The van der Waals surface area contributed by atoms with Crippen LogP contribution in [0.1, 0.15) is 43.2 Å². The molecule has 5 heteroatoms. The number of likely N-dealkylation sites (tertiary alicyclic amines) is 1. The first-order chi connectivity index (χ1) is 15.5. The summed E-state index contributed by atoms with van der Waals surface area (Å²) in [6.45, 7) is 5.14. The Hall–Kier alpha value is -1.95. The van der Waals surface area contributed by atoms with E-state index in [-0.39, 0.29) is 17.9 Å². The fraction of sp³-hybridized carbons (Fsp3) is 0.593. The number of allylic oxidation sites excluding steroid dienone is 1.